The molecule has 1 aliphatic heterocycles. The molecule has 1 aromatic carbocycles. The van der Waals surface area contributed by atoms with Gasteiger partial charge >= 0.3 is 0 Å². The van der Waals surface area contributed by atoms with Crippen LogP contribution in [0.5, 0.6) is 0 Å². The number of carbonyl (C=O) groups is 1. The van der Waals surface area contributed by atoms with E-state index in [9.17, 15) is 13.2 Å². The first kappa shape index (κ1) is 23.8. The van der Waals surface area contributed by atoms with Gasteiger partial charge < -0.3 is 15.0 Å². The number of hydrogen-bond acceptors (Lipinski definition) is 5. The van der Waals surface area contributed by atoms with Crippen LogP contribution in [0.15, 0.2) is 29.2 Å². The van der Waals surface area contributed by atoms with Gasteiger partial charge in [-0.1, -0.05) is 26.0 Å². The maximum Gasteiger partial charge on any atom is 0.243 e. The molecule has 0 unspecified atom stereocenters. The summed E-state index contributed by atoms with van der Waals surface area (Å²) in [5.41, 5.74) is 1.12. The Hall–Kier alpha value is -1.48. The number of methoxy groups -OCH3 is 1. The molecule has 1 N–H and O–H groups in total. The van der Waals surface area contributed by atoms with Crippen molar-refractivity contribution in [2.45, 2.75) is 38.0 Å². The van der Waals surface area contributed by atoms with E-state index in [1.54, 1.807) is 24.1 Å². The van der Waals surface area contributed by atoms with Gasteiger partial charge in [0.2, 0.25) is 15.9 Å². The summed E-state index contributed by atoms with van der Waals surface area (Å²) in [7, 11) is -2.06. The maximum atomic E-state index is 13.2. The fourth-order valence-corrected chi connectivity index (χ4v) is 4.93. The van der Waals surface area contributed by atoms with Crippen LogP contribution in [0.2, 0.25) is 0 Å². The van der Waals surface area contributed by atoms with Gasteiger partial charge in [0.25, 0.3) is 0 Å². The van der Waals surface area contributed by atoms with Crippen LogP contribution >= 0.6 is 0 Å². The standard InChI is InChI=1S/C21H35N3O4S/c1-18(2)17-19-5-7-20(8-6-19)29(26,27)24(12-4-16-28-3)13-9-21(25)23-14-10-22-11-15-23/h5-8,18,22H,4,9-17H2,1-3H3. The number of nitrogens with one attached hydrogen (secondary N) is 1. The molecule has 0 aliphatic carbocycles. The Morgan fingerprint density at radius 3 is 2.41 bits per heavy atom. The number of nitrogens with zero attached hydrogens (tertiary/aromatic N) is 2. The highest BCUT2D eigenvalue weighted by molar-refractivity contribution is 7.89. The van der Waals surface area contributed by atoms with E-state index in [2.05, 4.69) is 19.2 Å². The third-order valence-corrected chi connectivity index (χ3v) is 6.92. The topological polar surface area (TPSA) is 79.0 Å². The van der Waals surface area contributed by atoms with Crippen LogP contribution in [0.3, 0.4) is 0 Å². The minimum Gasteiger partial charge on any atom is -0.385 e. The first-order valence-corrected chi connectivity index (χ1v) is 11.8. The Labute approximate surface area is 175 Å². The molecule has 0 atom stereocenters. The zero-order valence-corrected chi connectivity index (χ0v) is 18.7. The first-order valence-electron chi connectivity index (χ1n) is 10.4. The fourth-order valence-electron chi connectivity index (χ4n) is 3.45. The molecular weight excluding hydrogens is 390 g/mol. The second-order valence-corrected chi connectivity index (χ2v) is 9.81. The van der Waals surface area contributed by atoms with Gasteiger partial charge in [0, 0.05) is 59.4 Å². The van der Waals surface area contributed by atoms with Gasteiger partial charge in [0.05, 0.1) is 4.90 Å². The van der Waals surface area contributed by atoms with Crippen molar-refractivity contribution in [3.8, 4) is 0 Å². The summed E-state index contributed by atoms with van der Waals surface area (Å²) in [5, 5.41) is 3.22. The molecule has 1 aliphatic rings. The van der Waals surface area contributed by atoms with Crippen molar-refractivity contribution in [3.05, 3.63) is 29.8 Å². The van der Waals surface area contributed by atoms with Crippen molar-refractivity contribution in [2.24, 2.45) is 5.92 Å². The number of rotatable bonds is 11. The molecule has 2 rings (SSSR count). The van der Waals surface area contributed by atoms with Gasteiger partial charge in [0.15, 0.2) is 0 Å². The van der Waals surface area contributed by atoms with Crippen LogP contribution in [0.4, 0.5) is 0 Å². The summed E-state index contributed by atoms with van der Waals surface area (Å²) < 4.78 is 32.9. The second-order valence-electron chi connectivity index (χ2n) is 7.87. The highest BCUT2D eigenvalue weighted by Crippen LogP contribution is 2.19. The summed E-state index contributed by atoms with van der Waals surface area (Å²) in [4.78, 5) is 14.6. The zero-order valence-electron chi connectivity index (χ0n) is 17.9. The van der Waals surface area contributed by atoms with Gasteiger partial charge in [-0.15, -0.1) is 0 Å². The van der Waals surface area contributed by atoms with Crippen molar-refractivity contribution in [1.82, 2.24) is 14.5 Å². The van der Waals surface area contributed by atoms with Crippen molar-refractivity contribution in [1.29, 1.82) is 0 Å². The summed E-state index contributed by atoms with van der Waals surface area (Å²) in [6.07, 6.45) is 1.69. The van der Waals surface area contributed by atoms with Crippen LogP contribution in [-0.2, 0) is 26.0 Å². The average Bonchev–Trinajstić information content (AvgIpc) is 2.70. The molecule has 0 aromatic heterocycles. The lowest BCUT2D eigenvalue weighted by molar-refractivity contribution is -0.131. The lowest BCUT2D eigenvalue weighted by Gasteiger charge is -2.29. The predicted molar refractivity (Wildman–Crippen MR) is 114 cm³/mol. The molecule has 29 heavy (non-hydrogen) atoms. The molecule has 0 bridgehead atoms. The molecule has 0 radical (unpaired) electrons. The number of amides is 1. The number of ether oxygens (including phenoxy) is 1. The Morgan fingerprint density at radius 2 is 1.83 bits per heavy atom. The minimum absolute atomic E-state index is 0.00530. The molecule has 164 valence electrons. The lowest BCUT2D eigenvalue weighted by atomic mass is 10.0. The zero-order chi connectivity index (χ0) is 21.3. The fraction of sp³-hybridized carbons (Fsp3) is 0.667. The van der Waals surface area contributed by atoms with E-state index in [0.29, 0.717) is 38.6 Å². The number of benzene rings is 1. The molecule has 7 nitrogen and oxygen atoms in total. The van der Waals surface area contributed by atoms with Crippen molar-refractivity contribution in [2.75, 3.05) is 53.0 Å². The van der Waals surface area contributed by atoms with Crippen LogP contribution in [0.1, 0.15) is 32.3 Å². The third kappa shape index (κ3) is 7.37. The summed E-state index contributed by atoms with van der Waals surface area (Å²) in [6, 6.07) is 7.11. The molecule has 1 saturated heterocycles. The molecule has 1 amide bonds. The predicted octanol–water partition coefficient (Wildman–Crippen LogP) is 1.73. The van der Waals surface area contributed by atoms with Crippen molar-refractivity contribution < 1.29 is 17.9 Å². The van der Waals surface area contributed by atoms with Crippen LogP contribution in [0.25, 0.3) is 0 Å². The normalized spacial score (nSPS) is 15.3. The van der Waals surface area contributed by atoms with Crippen LogP contribution < -0.4 is 5.32 Å². The number of piperazine rings is 1. The second kappa shape index (κ2) is 11.6. The van der Waals surface area contributed by atoms with E-state index in [-0.39, 0.29) is 23.8 Å². The molecular formula is C21H35N3O4S. The molecule has 0 spiro atoms. The minimum atomic E-state index is -3.66. The van der Waals surface area contributed by atoms with Gasteiger partial charge in [-0.05, 0) is 36.5 Å². The van der Waals surface area contributed by atoms with Crippen molar-refractivity contribution >= 4 is 15.9 Å². The van der Waals surface area contributed by atoms with E-state index in [0.717, 1.165) is 25.1 Å². The third-order valence-electron chi connectivity index (χ3n) is 5.01. The average molecular weight is 426 g/mol. The molecule has 1 heterocycles. The quantitative estimate of drug-likeness (QED) is 0.546. The highest BCUT2D eigenvalue weighted by atomic mass is 32.2. The molecule has 0 saturated carbocycles. The number of sulfonamides is 1. The SMILES string of the molecule is COCCCN(CCC(=O)N1CCNCC1)S(=O)(=O)c1ccc(CC(C)C)cc1. The highest BCUT2D eigenvalue weighted by Gasteiger charge is 2.26. The van der Waals surface area contributed by atoms with E-state index in [1.165, 1.54) is 4.31 Å². The van der Waals surface area contributed by atoms with Crippen LogP contribution in [0, 0.1) is 5.92 Å². The Kier molecular flexibility index (Phi) is 9.55. The van der Waals surface area contributed by atoms with E-state index < -0.39 is 10.0 Å². The van der Waals surface area contributed by atoms with E-state index >= 15 is 0 Å². The summed E-state index contributed by atoms with van der Waals surface area (Å²) in [6.45, 7) is 8.18. The largest absolute Gasteiger partial charge is 0.385 e. The Balaban J connectivity index is 2.08. The van der Waals surface area contributed by atoms with E-state index in [4.69, 9.17) is 4.74 Å². The summed E-state index contributed by atoms with van der Waals surface area (Å²) in [5.74, 6) is 0.518. The van der Waals surface area contributed by atoms with Gasteiger partial charge in [-0.25, -0.2) is 8.42 Å². The smallest absolute Gasteiger partial charge is 0.243 e. The van der Waals surface area contributed by atoms with Gasteiger partial charge in [-0.2, -0.15) is 4.31 Å². The van der Waals surface area contributed by atoms with Gasteiger partial charge in [0.1, 0.15) is 0 Å². The lowest BCUT2D eigenvalue weighted by Crippen LogP contribution is -2.47. The Morgan fingerprint density at radius 1 is 1.17 bits per heavy atom. The monoisotopic (exact) mass is 425 g/mol. The van der Waals surface area contributed by atoms with Crippen LogP contribution in [-0.4, -0.2) is 76.5 Å². The van der Waals surface area contributed by atoms with E-state index in [1.807, 2.05) is 12.1 Å². The maximum absolute atomic E-state index is 13.2. The summed E-state index contributed by atoms with van der Waals surface area (Å²) >= 11 is 0. The van der Waals surface area contributed by atoms with Crippen molar-refractivity contribution in [3.63, 3.8) is 0 Å². The molecule has 8 heteroatoms. The number of carbonyl (C=O) groups excluding carboxylic acids is 1. The Bertz CT molecular complexity index is 729. The van der Waals surface area contributed by atoms with Gasteiger partial charge in [-0.3, -0.25) is 4.79 Å². The molecule has 1 fully saturated rings. The molecule has 1 aromatic rings. The first-order chi connectivity index (χ1) is 13.8. The number of hydrogen-bond donors (Lipinski definition) is 1.